The van der Waals surface area contributed by atoms with E-state index in [1.807, 2.05) is 0 Å². The van der Waals surface area contributed by atoms with Gasteiger partial charge < -0.3 is 14.2 Å². The standard InChI is InChI=1S/C14H18O4/c1-4-5-10-18-13(14(15)17-3)11-6-8-12(16-2)9-7-11/h4,6-9,13H,1,5,10H2,2-3H3. The van der Waals surface area contributed by atoms with Crippen molar-refractivity contribution in [1.82, 2.24) is 0 Å². The lowest BCUT2D eigenvalue weighted by molar-refractivity contribution is -0.154. The molecule has 1 atom stereocenters. The highest BCUT2D eigenvalue weighted by atomic mass is 16.6. The van der Waals surface area contributed by atoms with Crippen molar-refractivity contribution >= 4 is 5.97 Å². The van der Waals surface area contributed by atoms with Gasteiger partial charge in [-0.05, 0) is 24.1 Å². The zero-order valence-electron chi connectivity index (χ0n) is 10.7. The molecular weight excluding hydrogens is 232 g/mol. The summed E-state index contributed by atoms with van der Waals surface area (Å²) in [6, 6.07) is 7.13. The summed E-state index contributed by atoms with van der Waals surface area (Å²) in [5, 5.41) is 0. The second-order valence-corrected chi connectivity index (χ2v) is 3.62. The van der Waals surface area contributed by atoms with Crippen LogP contribution >= 0.6 is 0 Å². The van der Waals surface area contributed by atoms with Gasteiger partial charge >= 0.3 is 5.97 Å². The van der Waals surface area contributed by atoms with Crippen molar-refractivity contribution in [1.29, 1.82) is 0 Å². The van der Waals surface area contributed by atoms with Gasteiger partial charge in [0.15, 0.2) is 6.10 Å². The van der Waals surface area contributed by atoms with Crippen LogP contribution in [0.15, 0.2) is 36.9 Å². The van der Waals surface area contributed by atoms with E-state index >= 15 is 0 Å². The van der Waals surface area contributed by atoms with Crippen molar-refractivity contribution < 1.29 is 19.0 Å². The van der Waals surface area contributed by atoms with Crippen LogP contribution in [0.5, 0.6) is 5.75 Å². The van der Waals surface area contributed by atoms with Crippen LogP contribution in [0.3, 0.4) is 0 Å². The second kappa shape index (κ2) is 7.50. The third-order valence-corrected chi connectivity index (χ3v) is 2.44. The minimum absolute atomic E-state index is 0.413. The van der Waals surface area contributed by atoms with Gasteiger partial charge in [-0.1, -0.05) is 18.2 Å². The van der Waals surface area contributed by atoms with Gasteiger partial charge in [0.25, 0.3) is 0 Å². The molecule has 0 aliphatic heterocycles. The fourth-order valence-electron chi connectivity index (χ4n) is 1.46. The largest absolute Gasteiger partial charge is 0.497 e. The summed E-state index contributed by atoms with van der Waals surface area (Å²) in [4.78, 5) is 11.7. The average Bonchev–Trinajstić information content (AvgIpc) is 2.43. The number of carbonyl (C=O) groups is 1. The van der Waals surface area contributed by atoms with Gasteiger partial charge in [-0.15, -0.1) is 6.58 Å². The third-order valence-electron chi connectivity index (χ3n) is 2.44. The smallest absolute Gasteiger partial charge is 0.339 e. The molecule has 4 heteroatoms. The lowest BCUT2D eigenvalue weighted by Crippen LogP contribution is -2.18. The molecule has 0 aliphatic carbocycles. The first-order valence-electron chi connectivity index (χ1n) is 5.67. The quantitative estimate of drug-likeness (QED) is 0.424. The zero-order valence-corrected chi connectivity index (χ0v) is 10.7. The lowest BCUT2D eigenvalue weighted by Gasteiger charge is -2.15. The summed E-state index contributed by atoms with van der Waals surface area (Å²) in [5.74, 6) is 0.317. The molecule has 0 spiro atoms. The van der Waals surface area contributed by atoms with Crippen molar-refractivity contribution in [2.24, 2.45) is 0 Å². The molecule has 98 valence electrons. The molecule has 0 aliphatic rings. The Kier molecular flexibility index (Phi) is 5.94. The van der Waals surface area contributed by atoms with E-state index in [1.54, 1.807) is 37.5 Å². The first-order valence-corrected chi connectivity index (χ1v) is 5.67. The molecule has 0 saturated heterocycles. The first kappa shape index (κ1) is 14.3. The topological polar surface area (TPSA) is 44.8 Å². The number of hydrogen-bond donors (Lipinski definition) is 0. The maximum Gasteiger partial charge on any atom is 0.339 e. The van der Waals surface area contributed by atoms with Gasteiger partial charge in [0.1, 0.15) is 5.75 Å². The minimum Gasteiger partial charge on any atom is -0.497 e. The van der Waals surface area contributed by atoms with Crippen LogP contribution in [0.2, 0.25) is 0 Å². The summed E-state index contributed by atoms with van der Waals surface area (Å²) in [7, 11) is 2.93. The van der Waals surface area contributed by atoms with Crippen molar-refractivity contribution in [3.05, 3.63) is 42.5 Å². The Bertz CT molecular complexity index is 383. The van der Waals surface area contributed by atoms with Gasteiger partial charge in [-0.25, -0.2) is 4.79 Å². The molecule has 18 heavy (non-hydrogen) atoms. The van der Waals surface area contributed by atoms with Crippen LogP contribution < -0.4 is 4.74 Å². The Morgan fingerprint density at radius 3 is 2.50 bits per heavy atom. The van der Waals surface area contributed by atoms with Crippen molar-refractivity contribution in [2.75, 3.05) is 20.8 Å². The summed E-state index contributed by atoms with van der Waals surface area (Å²) >= 11 is 0. The van der Waals surface area contributed by atoms with Crippen LogP contribution in [0.4, 0.5) is 0 Å². The second-order valence-electron chi connectivity index (χ2n) is 3.62. The van der Waals surface area contributed by atoms with E-state index in [2.05, 4.69) is 6.58 Å². The van der Waals surface area contributed by atoms with Crippen LogP contribution in [0.25, 0.3) is 0 Å². The van der Waals surface area contributed by atoms with Crippen molar-refractivity contribution in [3.63, 3.8) is 0 Å². The molecule has 0 bridgehead atoms. The average molecular weight is 250 g/mol. The fraction of sp³-hybridized carbons (Fsp3) is 0.357. The Hall–Kier alpha value is -1.81. The molecule has 1 aromatic rings. The SMILES string of the molecule is C=CCCOC(C(=O)OC)c1ccc(OC)cc1. The van der Waals surface area contributed by atoms with Crippen molar-refractivity contribution in [2.45, 2.75) is 12.5 Å². The van der Waals surface area contributed by atoms with Crippen LogP contribution in [0.1, 0.15) is 18.1 Å². The van der Waals surface area contributed by atoms with E-state index in [-0.39, 0.29) is 0 Å². The van der Waals surface area contributed by atoms with Gasteiger partial charge in [-0.2, -0.15) is 0 Å². The summed E-state index contributed by atoms with van der Waals surface area (Å²) in [6.07, 6.45) is 1.72. The van der Waals surface area contributed by atoms with Gasteiger partial charge in [0.05, 0.1) is 20.8 Å². The maximum absolute atomic E-state index is 11.7. The molecule has 1 rings (SSSR count). The molecule has 1 unspecified atom stereocenters. The zero-order chi connectivity index (χ0) is 13.4. The normalized spacial score (nSPS) is 11.7. The maximum atomic E-state index is 11.7. The van der Waals surface area contributed by atoms with Gasteiger partial charge in [0, 0.05) is 0 Å². The number of hydrogen-bond acceptors (Lipinski definition) is 4. The monoisotopic (exact) mass is 250 g/mol. The number of ether oxygens (including phenoxy) is 3. The molecule has 0 amide bonds. The number of rotatable bonds is 7. The van der Waals surface area contributed by atoms with E-state index in [1.165, 1.54) is 7.11 Å². The Morgan fingerprint density at radius 2 is 2.00 bits per heavy atom. The highest BCUT2D eigenvalue weighted by Gasteiger charge is 2.21. The Morgan fingerprint density at radius 1 is 1.33 bits per heavy atom. The molecule has 0 N–H and O–H groups in total. The molecular formula is C14H18O4. The molecule has 0 radical (unpaired) electrons. The van der Waals surface area contributed by atoms with Crippen LogP contribution in [0, 0.1) is 0 Å². The predicted octanol–water partition coefficient (Wildman–Crippen LogP) is 2.50. The van der Waals surface area contributed by atoms with E-state index in [9.17, 15) is 4.79 Å². The first-order chi connectivity index (χ1) is 8.72. The summed E-state index contributed by atoms with van der Waals surface area (Å²) < 4.78 is 15.3. The highest BCUT2D eigenvalue weighted by molar-refractivity contribution is 5.76. The number of carbonyl (C=O) groups excluding carboxylic acids is 1. The molecule has 0 aromatic heterocycles. The number of methoxy groups -OCH3 is 2. The lowest BCUT2D eigenvalue weighted by atomic mass is 10.1. The Balaban J connectivity index is 2.79. The van der Waals surface area contributed by atoms with E-state index < -0.39 is 12.1 Å². The van der Waals surface area contributed by atoms with E-state index in [0.717, 1.165) is 11.3 Å². The molecule has 0 heterocycles. The highest BCUT2D eigenvalue weighted by Crippen LogP contribution is 2.22. The van der Waals surface area contributed by atoms with E-state index in [0.29, 0.717) is 13.0 Å². The number of benzene rings is 1. The molecule has 4 nitrogen and oxygen atoms in total. The Labute approximate surface area is 107 Å². The van der Waals surface area contributed by atoms with E-state index in [4.69, 9.17) is 14.2 Å². The van der Waals surface area contributed by atoms with Gasteiger partial charge in [-0.3, -0.25) is 0 Å². The fourth-order valence-corrected chi connectivity index (χ4v) is 1.46. The third kappa shape index (κ3) is 3.89. The number of esters is 1. The van der Waals surface area contributed by atoms with Crippen LogP contribution in [-0.4, -0.2) is 26.8 Å². The van der Waals surface area contributed by atoms with Crippen LogP contribution in [-0.2, 0) is 14.3 Å². The molecule has 0 fully saturated rings. The molecule has 1 aromatic carbocycles. The summed E-state index contributed by atoms with van der Waals surface area (Å²) in [5.41, 5.74) is 0.742. The summed E-state index contributed by atoms with van der Waals surface area (Å²) in [6.45, 7) is 4.03. The van der Waals surface area contributed by atoms with Gasteiger partial charge in [0.2, 0.25) is 0 Å². The predicted molar refractivity (Wildman–Crippen MR) is 68.5 cm³/mol. The molecule has 0 saturated carbocycles. The van der Waals surface area contributed by atoms with Crippen molar-refractivity contribution in [3.8, 4) is 5.75 Å². The minimum atomic E-state index is -0.708.